The van der Waals surface area contributed by atoms with Crippen molar-refractivity contribution in [2.75, 3.05) is 19.8 Å². The summed E-state index contributed by atoms with van der Waals surface area (Å²) in [6.45, 7) is 5.05. The molecule has 0 spiro atoms. The highest BCUT2D eigenvalue weighted by Crippen LogP contribution is 2.06. The lowest BCUT2D eigenvalue weighted by Crippen LogP contribution is -2.50. The number of hydrogen-bond donors (Lipinski definition) is 4. The zero-order chi connectivity index (χ0) is 14.9. The zero-order valence-corrected chi connectivity index (χ0v) is 11.7. The summed E-state index contributed by atoms with van der Waals surface area (Å²) in [6.07, 6.45) is 0.466. The van der Waals surface area contributed by atoms with Crippen molar-refractivity contribution in [3.8, 4) is 0 Å². The van der Waals surface area contributed by atoms with E-state index in [1.807, 2.05) is 0 Å². The van der Waals surface area contributed by atoms with E-state index in [4.69, 9.17) is 14.9 Å². The third-order valence-electron chi connectivity index (χ3n) is 2.07. The van der Waals surface area contributed by atoms with E-state index in [1.165, 1.54) is 0 Å². The van der Waals surface area contributed by atoms with Crippen LogP contribution in [-0.4, -0.2) is 53.6 Å². The fraction of sp³-hybridized carbons (Fsp3) is 0.833. The van der Waals surface area contributed by atoms with Gasteiger partial charge in [-0.25, -0.2) is 4.79 Å². The number of nitrogens with one attached hydrogen (secondary N) is 2. The van der Waals surface area contributed by atoms with E-state index in [0.29, 0.717) is 19.4 Å². The molecule has 4 N–H and O–H groups in total. The van der Waals surface area contributed by atoms with E-state index < -0.39 is 30.3 Å². The number of unbranched alkanes of at least 4 members (excludes halogenated alkanes) is 1. The molecule has 112 valence electrons. The molecule has 7 nitrogen and oxygen atoms in total. The number of carbonyl (C=O) groups excluding carboxylic acids is 2. The molecule has 0 fully saturated rings. The Morgan fingerprint density at radius 3 is 2.32 bits per heavy atom. The zero-order valence-electron chi connectivity index (χ0n) is 11.7. The number of ether oxygens (including phenoxy) is 1. The van der Waals surface area contributed by atoms with Crippen molar-refractivity contribution in [3.05, 3.63) is 0 Å². The summed E-state index contributed by atoms with van der Waals surface area (Å²) >= 11 is 0. The maximum absolute atomic E-state index is 11.6. The van der Waals surface area contributed by atoms with E-state index in [-0.39, 0.29) is 6.61 Å². The first kappa shape index (κ1) is 17.7. The van der Waals surface area contributed by atoms with Gasteiger partial charge in [-0.05, 0) is 33.6 Å². The Bertz CT molecular complexity index is 288. The largest absolute Gasteiger partial charge is 0.444 e. The van der Waals surface area contributed by atoms with Crippen molar-refractivity contribution >= 4 is 12.0 Å². The second-order valence-electron chi connectivity index (χ2n) is 5.10. The summed E-state index contributed by atoms with van der Waals surface area (Å²) in [5.74, 6) is -0.480. The molecule has 0 heterocycles. The quantitative estimate of drug-likeness (QED) is 0.480. The minimum atomic E-state index is -1.04. The standard InChI is InChI=1S/C12H24N2O5/c1-12(2,3)19-11(18)14-9(8-16)10(17)13-6-4-5-7-15/h9,15-16H,4-8H2,1-3H3,(H,13,17)(H,14,18)/t9-/m0/s1. The minimum absolute atomic E-state index is 0.0649. The molecule has 0 aliphatic rings. The van der Waals surface area contributed by atoms with Crippen LogP contribution < -0.4 is 10.6 Å². The van der Waals surface area contributed by atoms with Crippen LogP contribution in [0.25, 0.3) is 0 Å². The molecule has 7 heteroatoms. The van der Waals surface area contributed by atoms with Crippen LogP contribution in [0.5, 0.6) is 0 Å². The molecule has 0 rings (SSSR count). The minimum Gasteiger partial charge on any atom is -0.444 e. The second kappa shape index (κ2) is 8.71. The molecule has 0 radical (unpaired) electrons. The maximum Gasteiger partial charge on any atom is 0.408 e. The Hall–Kier alpha value is -1.34. The molecule has 0 aliphatic heterocycles. The normalized spacial score (nSPS) is 12.7. The average molecular weight is 276 g/mol. The van der Waals surface area contributed by atoms with Crippen molar-refractivity contribution in [2.45, 2.75) is 45.3 Å². The van der Waals surface area contributed by atoms with Crippen molar-refractivity contribution < 1.29 is 24.5 Å². The summed E-state index contributed by atoms with van der Waals surface area (Å²) in [7, 11) is 0. The van der Waals surface area contributed by atoms with Gasteiger partial charge in [-0.1, -0.05) is 0 Å². The molecule has 0 aromatic rings. The highest BCUT2D eigenvalue weighted by molar-refractivity contribution is 5.85. The van der Waals surface area contributed by atoms with Crippen molar-refractivity contribution in [3.63, 3.8) is 0 Å². The van der Waals surface area contributed by atoms with Crippen LogP contribution in [0.4, 0.5) is 4.79 Å². The highest BCUT2D eigenvalue weighted by Gasteiger charge is 2.23. The smallest absolute Gasteiger partial charge is 0.408 e. The molecule has 0 aromatic heterocycles. The molecule has 0 aliphatic carbocycles. The van der Waals surface area contributed by atoms with Gasteiger partial charge < -0.3 is 25.6 Å². The number of amides is 2. The third kappa shape index (κ3) is 9.26. The first-order valence-corrected chi connectivity index (χ1v) is 6.29. The van der Waals surface area contributed by atoms with Gasteiger partial charge >= 0.3 is 6.09 Å². The summed E-state index contributed by atoms with van der Waals surface area (Å²) in [4.78, 5) is 23.1. The molecule has 0 unspecified atom stereocenters. The van der Waals surface area contributed by atoms with Gasteiger partial charge in [0.25, 0.3) is 0 Å². The molecule has 0 bridgehead atoms. The molecule has 19 heavy (non-hydrogen) atoms. The number of aliphatic hydroxyl groups excluding tert-OH is 2. The fourth-order valence-corrected chi connectivity index (χ4v) is 1.22. The lowest BCUT2D eigenvalue weighted by Gasteiger charge is -2.22. The highest BCUT2D eigenvalue weighted by atomic mass is 16.6. The molecule has 0 saturated carbocycles. The lowest BCUT2D eigenvalue weighted by molar-refractivity contribution is -0.124. The molecule has 2 amide bonds. The van der Waals surface area contributed by atoms with Crippen LogP contribution in [0.2, 0.25) is 0 Å². The van der Waals surface area contributed by atoms with Gasteiger partial charge in [0.2, 0.25) is 5.91 Å². The molecule has 0 saturated heterocycles. The van der Waals surface area contributed by atoms with Crippen molar-refractivity contribution in [1.29, 1.82) is 0 Å². The Balaban J connectivity index is 4.11. The van der Waals surface area contributed by atoms with Gasteiger partial charge in [-0.2, -0.15) is 0 Å². The fourth-order valence-electron chi connectivity index (χ4n) is 1.22. The first-order chi connectivity index (χ1) is 8.80. The van der Waals surface area contributed by atoms with E-state index in [1.54, 1.807) is 20.8 Å². The van der Waals surface area contributed by atoms with Crippen LogP contribution in [0.1, 0.15) is 33.6 Å². The first-order valence-electron chi connectivity index (χ1n) is 6.29. The summed E-state index contributed by atoms with van der Waals surface area (Å²) < 4.78 is 4.99. The van der Waals surface area contributed by atoms with Crippen LogP contribution in [-0.2, 0) is 9.53 Å². The Kier molecular flexibility index (Phi) is 8.09. The molecular weight excluding hydrogens is 252 g/mol. The molecule has 0 aromatic carbocycles. The Morgan fingerprint density at radius 2 is 1.84 bits per heavy atom. The van der Waals surface area contributed by atoms with Crippen molar-refractivity contribution in [2.24, 2.45) is 0 Å². The SMILES string of the molecule is CC(C)(C)OC(=O)N[C@@H](CO)C(=O)NCCCCO. The molecule has 1 atom stereocenters. The second-order valence-corrected chi connectivity index (χ2v) is 5.10. The van der Waals surface area contributed by atoms with Gasteiger partial charge in [0.05, 0.1) is 6.61 Å². The topological polar surface area (TPSA) is 108 Å². The average Bonchev–Trinajstić information content (AvgIpc) is 2.29. The van der Waals surface area contributed by atoms with E-state index in [2.05, 4.69) is 10.6 Å². The predicted molar refractivity (Wildman–Crippen MR) is 69.6 cm³/mol. The predicted octanol–water partition coefficient (Wildman–Crippen LogP) is -0.239. The van der Waals surface area contributed by atoms with Crippen LogP contribution in [0.15, 0.2) is 0 Å². The number of hydrogen-bond acceptors (Lipinski definition) is 5. The third-order valence-corrected chi connectivity index (χ3v) is 2.07. The maximum atomic E-state index is 11.6. The molecular formula is C12H24N2O5. The van der Waals surface area contributed by atoms with Gasteiger partial charge in [-0.15, -0.1) is 0 Å². The number of carbonyl (C=O) groups is 2. The monoisotopic (exact) mass is 276 g/mol. The van der Waals surface area contributed by atoms with Crippen LogP contribution in [0.3, 0.4) is 0 Å². The van der Waals surface area contributed by atoms with Crippen LogP contribution >= 0.6 is 0 Å². The number of rotatable bonds is 7. The van der Waals surface area contributed by atoms with E-state index in [0.717, 1.165) is 0 Å². The van der Waals surface area contributed by atoms with E-state index >= 15 is 0 Å². The Morgan fingerprint density at radius 1 is 1.21 bits per heavy atom. The number of aliphatic hydroxyl groups is 2. The van der Waals surface area contributed by atoms with Gasteiger partial charge in [0.15, 0.2) is 0 Å². The Labute approximate surface area is 113 Å². The number of alkyl carbamates (subject to hydrolysis) is 1. The van der Waals surface area contributed by atoms with Crippen molar-refractivity contribution in [1.82, 2.24) is 10.6 Å². The van der Waals surface area contributed by atoms with Gasteiger partial charge in [-0.3, -0.25) is 4.79 Å². The van der Waals surface area contributed by atoms with Gasteiger partial charge in [0, 0.05) is 13.2 Å². The summed E-state index contributed by atoms with van der Waals surface area (Å²) in [5.41, 5.74) is -0.665. The van der Waals surface area contributed by atoms with Crippen LogP contribution in [0, 0.1) is 0 Å². The van der Waals surface area contributed by atoms with E-state index in [9.17, 15) is 9.59 Å². The van der Waals surface area contributed by atoms with Gasteiger partial charge in [0.1, 0.15) is 11.6 Å². The lowest BCUT2D eigenvalue weighted by atomic mass is 10.2. The summed E-state index contributed by atoms with van der Waals surface area (Å²) in [5, 5.41) is 22.5. The summed E-state index contributed by atoms with van der Waals surface area (Å²) in [6, 6.07) is -1.04.